The number of nitrogens with zero attached hydrogens (tertiary/aromatic N) is 1. The average Bonchev–Trinajstić information content (AvgIpc) is 2.31. The summed E-state index contributed by atoms with van der Waals surface area (Å²) in [6.07, 6.45) is 0.330. The summed E-state index contributed by atoms with van der Waals surface area (Å²) in [7, 11) is 0. The first-order valence-electron chi connectivity index (χ1n) is 5.46. The lowest BCUT2D eigenvalue weighted by Crippen LogP contribution is -2.44. The van der Waals surface area contributed by atoms with Crippen LogP contribution in [0.3, 0.4) is 0 Å². The summed E-state index contributed by atoms with van der Waals surface area (Å²) in [5.74, 6) is 0. The Hall–Kier alpha value is -0.900. The van der Waals surface area contributed by atoms with Gasteiger partial charge in [0, 0.05) is 25.7 Å². The predicted octanol–water partition coefficient (Wildman–Crippen LogP) is 0.686. The van der Waals surface area contributed by atoms with Crippen LogP contribution in [-0.2, 0) is 0 Å². The number of aliphatic hydroxyl groups is 1. The van der Waals surface area contributed by atoms with E-state index in [0.29, 0.717) is 0 Å². The highest BCUT2D eigenvalue weighted by molar-refractivity contribution is 5.17. The highest BCUT2D eigenvalue weighted by Gasteiger charge is 2.18. The lowest BCUT2D eigenvalue weighted by molar-refractivity contribution is 0.146. The molecule has 1 aromatic rings. The Morgan fingerprint density at radius 3 is 2.87 bits per heavy atom. The Labute approximate surface area is 90.5 Å². The molecule has 3 heteroatoms. The maximum Gasteiger partial charge on any atom is 0.0806 e. The molecule has 1 aromatic carbocycles. The third-order valence-corrected chi connectivity index (χ3v) is 2.74. The molecule has 1 saturated heterocycles. The van der Waals surface area contributed by atoms with Gasteiger partial charge in [0.05, 0.1) is 6.10 Å². The largest absolute Gasteiger partial charge is 0.388 e. The molecule has 2 rings (SSSR count). The van der Waals surface area contributed by atoms with Gasteiger partial charge in [-0.25, -0.2) is 5.32 Å². The molecule has 15 heavy (non-hydrogen) atoms. The molecule has 1 heterocycles. The van der Waals surface area contributed by atoms with Gasteiger partial charge in [0.15, 0.2) is 0 Å². The zero-order valence-electron chi connectivity index (χ0n) is 8.76. The van der Waals surface area contributed by atoms with Crippen molar-refractivity contribution in [2.24, 2.45) is 0 Å². The molecule has 81 valence electrons. The van der Waals surface area contributed by atoms with Crippen molar-refractivity contribution in [3.05, 3.63) is 35.9 Å². The van der Waals surface area contributed by atoms with E-state index < -0.39 is 0 Å². The zero-order valence-corrected chi connectivity index (χ0v) is 8.76. The topological polar surface area (TPSA) is 46.4 Å². The maximum atomic E-state index is 9.98. The molecule has 2 unspecified atom stereocenters. The summed E-state index contributed by atoms with van der Waals surface area (Å²) in [6.45, 7) is 2.73. The summed E-state index contributed by atoms with van der Waals surface area (Å²) in [4.78, 5) is 0. The monoisotopic (exact) mass is 205 g/mol. The zero-order chi connectivity index (χ0) is 10.5. The van der Waals surface area contributed by atoms with Crippen LogP contribution in [0.5, 0.6) is 0 Å². The number of benzene rings is 1. The molecular weight excluding hydrogens is 188 g/mol. The van der Waals surface area contributed by atoms with E-state index in [4.69, 9.17) is 0 Å². The molecule has 2 N–H and O–H groups in total. The second-order valence-electron chi connectivity index (χ2n) is 3.93. The van der Waals surface area contributed by atoms with Crippen molar-refractivity contribution in [3.8, 4) is 0 Å². The number of piperazine rings is 1. The van der Waals surface area contributed by atoms with E-state index >= 15 is 0 Å². The molecule has 0 aromatic heterocycles. The minimum absolute atomic E-state index is 0.258. The van der Waals surface area contributed by atoms with Crippen LogP contribution in [0.25, 0.3) is 0 Å². The molecule has 0 saturated carbocycles. The Kier molecular flexibility index (Phi) is 3.72. The number of aliphatic hydroxyl groups excluding tert-OH is 1. The van der Waals surface area contributed by atoms with Crippen LogP contribution in [0.1, 0.15) is 18.1 Å². The van der Waals surface area contributed by atoms with Crippen molar-refractivity contribution in [3.63, 3.8) is 0 Å². The van der Waals surface area contributed by atoms with Crippen molar-refractivity contribution < 1.29 is 5.11 Å². The van der Waals surface area contributed by atoms with Gasteiger partial charge in [-0.05, 0) is 12.0 Å². The second-order valence-corrected chi connectivity index (χ2v) is 3.93. The number of hydrogen-bond donors (Lipinski definition) is 2. The van der Waals surface area contributed by atoms with Gasteiger partial charge in [-0.1, -0.05) is 30.3 Å². The summed E-state index contributed by atoms with van der Waals surface area (Å²) in [6, 6.07) is 10.0. The van der Waals surface area contributed by atoms with E-state index in [1.54, 1.807) is 0 Å². The fourth-order valence-electron chi connectivity index (χ4n) is 1.89. The lowest BCUT2D eigenvalue weighted by Gasteiger charge is -2.24. The lowest BCUT2D eigenvalue weighted by atomic mass is 10.0. The third-order valence-electron chi connectivity index (χ3n) is 2.74. The molecule has 0 amide bonds. The highest BCUT2D eigenvalue weighted by Crippen LogP contribution is 2.18. The smallest absolute Gasteiger partial charge is 0.0806 e. The summed E-state index contributed by atoms with van der Waals surface area (Å²) >= 11 is 0. The van der Waals surface area contributed by atoms with Gasteiger partial charge < -0.3 is 10.4 Å². The molecule has 0 bridgehead atoms. The van der Waals surface area contributed by atoms with E-state index in [1.165, 1.54) is 0 Å². The van der Waals surface area contributed by atoms with Crippen LogP contribution in [0, 0.1) is 0 Å². The van der Waals surface area contributed by atoms with Crippen LogP contribution in [0.2, 0.25) is 0 Å². The van der Waals surface area contributed by atoms with Crippen LogP contribution in [0.4, 0.5) is 0 Å². The van der Waals surface area contributed by atoms with Crippen LogP contribution >= 0.6 is 0 Å². The minimum atomic E-state index is -0.389. The quantitative estimate of drug-likeness (QED) is 0.762. The van der Waals surface area contributed by atoms with E-state index in [0.717, 1.165) is 31.6 Å². The van der Waals surface area contributed by atoms with E-state index in [1.807, 2.05) is 30.3 Å². The van der Waals surface area contributed by atoms with Gasteiger partial charge in [0.2, 0.25) is 0 Å². The van der Waals surface area contributed by atoms with Gasteiger partial charge >= 0.3 is 0 Å². The molecule has 1 fully saturated rings. The Morgan fingerprint density at radius 2 is 2.20 bits per heavy atom. The Balaban J connectivity index is 1.88. The standard InChI is InChI=1S/C12H17N2O/c15-12(10-4-2-1-3-5-10)8-11-9-13-6-7-14-11/h1-5,11-13,15H,6-9H2. The van der Waals surface area contributed by atoms with Gasteiger partial charge in [-0.2, -0.15) is 0 Å². The number of hydrogen-bond acceptors (Lipinski definition) is 2. The fraction of sp³-hybridized carbons (Fsp3) is 0.500. The van der Waals surface area contributed by atoms with E-state index in [2.05, 4.69) is 10.6 Å². The van der Waals surface area contributed by atoms with Gasteiger partial charge in [0.25, 0.3) is 0 Å². The normalized spacial score (nSPS) is 23.7. The molecular formula is C12H17N2O. The van der Waals surface area contributed by atoms with Crippen molar-refractivity contribution in [2.75, 3.05) is 19.6 Å². The summed E-state index contributed by atoms with van der Waals surface area (Å²) in [5.41, 5.74) is 0.985. The first-order valence-corrected chi connectivity index (χ1v) is 5.46. The third kappa shape index (κ3) is 3.02. The van der Waals surface area contributed by atoms with Gasteiger partial charge in [0.1, 0.15) is 0 Å². The van der Waals surface area contributed by atoms with E-state index in [9.17, 15) is 5.11 Å². The maximum absolute atomic E-state index is 9.98. The number of rotatable bonds is 3. The number of nitrogens with one attached hydrogen (secondary N) is 1. The highest BCUT2D eigenvalue weighted by atomic mass is 16.3. The van der Waals surface area contributed by atoms with Crippen molar-refractivity contribution in [2.45, 2.75) is 18.6 Å². The van der Waals surface area contributed by atoms with Crippen LogP contribution < -0.4 is 10.6 Å². The van der Waals surface area contributed by atoms with Crippen molar-refractivity contribution >= 4 is 0 Å². The van der Waals surface area contributed by atoms with Crippen molar-refractivity contribution in [1.29, 1.82) is 0 Å². The van der Waals surface area contributed by atoms with Gasteiger partial charge in [-0.3, -0.25) is 0 Å². The SMILES string of the molecule is OC(CC1CNCC[N]1)c1ccccc1. The first kappa shape index (κ1) is 10.6. The second kappa shape index (κ2) is 5.26. The molecule has 3 nitrogen and oxygen atoms in total. The molecule has 1 aliphatic heterocycles. The fourth-order valence-corrected chi connectivity index (χ4v) is 1.89. The Morgan fingerprint density at radius 1 is 1.40 bits per heavy atom. The molecule has 1 aliphatic rings. The summed E-state index contributed by atoms with van der Waals surface area (Å²) < 4.78 is 0. The van der Waals surface area contributed by atoms with Crippen LogP contribution in [-0.4, -0.2) is 30.8 Å². The minimum Gasteiger partial charge on any atom is -0.388 e. The predicted molar refractivity (Wildman–Crippen MR) is 59.7 cm³/mol. The van der Waals surface area contributed by atoms with Crippen LogP contribution in [0.15, 0.2) is 30.3 Å². The van der Waals surface area contributed by atoms with Crippen molar-refractivity contribution in [1.82, 2.24) is 10.6 Å². The Bertz CT molecular complexity index is 283. The first-order chi connectivity index (χ1) is 7.36. The molecule has 0 aliphatic carbocycles. The van der Waals surface area contributed by atoms with Gasteiger partial charge in [-0.15, -0.1) is 0 Å². The molecule has 1 radical (unpaired) electrons. The average molecular weight is 205 g/mol. The molecule has 0 spiro atoms. The van der Waals surface area contributed by atoms with E-state index in [-0.39, 0.29) is 12.1 Å². The molecule has 2 atom stereocenters. The summed E-state index contributed by atoms with van der Waals surface area (Å²) in [5, 5.41) is 17.7.